The minimum atomic E-state index is -1.01. The zero-order valence-electron chi connectivity index (χ0n) is 32.0. The Morgan fingerprint density at radius 3 is 1.43 bits per heavy atom. The van der Waals surface area contributed by atoms with Gasteiger partial charge < -0.3 is 24.4 Å². The maximum absolute atomic E-state index is 12.6. The van der Waals surface area contributed by atoms with E-state index in [2.05, 4.69) is 26.0 Å². The number of ether oxygens (including phenoxy) is 3. The smallest absolute Gasteiger partial charge is 0.306 e. The van der Waals surface area contributed by atoms with Crippen molar-refractivity contribution in [3.05, 3.63) is 12.2 Å². The third-order valence-corrected chi connectivity index (χ3v) is 9.89. The number of carbonyl (C=O) groups excluding carboxylic acids is 2. The Bertz CT molecular complexity index is 785. The largest absolute Gasteiger partial charge is 0.457 e. The normalized spacial score (nSPS) is 18.3. The van der Waals surface area contributed by atoms with Crippen molar-refractivity contribution in [1.29, 1.82) is 0 Å². The fourth-order valence-corrected chi connectivity index (χ4v) is 6.71. The second kappa shape index (κ2) is 33.7. The highest BCUT2D eigenvalue weighted by atomic mass is 16.6. The van der Waals surface area contributed by atoms with E-state index in [-0.39, 0.29) is 19.4 Å². The molecule has 1 aliphatic heterocycles. The first kappa shape index (κ1) is 45.6. The molecule has 1 saturated heterocycles. The van der Waals surface area contributed by atoms with Crippen LogP contribution in [0.2, 0.25) is 0 Å². The molecule has 0 spiro atoms. The molecule has 1 fully saturated rings. The average molecular weight is 695 g/mol. The van der Waals surface area contributed by atoms with Crippen LogP contribution in [0.15, 0.2) is 12.2 Å². The standard InChI is InChI=1S/C42H78O7/c1-3-5-7-9-11-13-15-17-19-21-23-25-27-29-31-33-39(45)48-38(35-43)42-41(37(44)36-47-42)49-40(46)34-32-30-28-26-24-22-20-18-16-14-12-10-8-6-4-2/h18,20,37-38,41-44H,3-17,19,21-36H2,1-2H3/t37-,38+,41+,42+/m0/s1. The van der Waals surface area contributed by atoms with Crippen molar-refractivity contribution in [3.8, 4) is 0 Å². The van der Waals surface area contributed by atoms with Gasteiger partial charge in [-0.25, -0.2) is 0 Å². The number of hydrogen-bond acceptors (Lipinski definition) is 7. The predicted molar refractivity (Wildman–Crippen MR) is 202 cm³/mol. The molecule has 0 aromatic rings. The molecule has 1 heterocycles. The van der Waals surface area contributed by atoms with Crippen molar-refractivity contribution < 1.29 is 34.0 Å². The van der Waals surface area contributed by atoms with Gasteiger partial charge in [0.05, 0.1) is 13.2 Å². The first-order chi connectivity index (χ1) is 24.0. The molecule has 2 N–H and O–H groups in total. The molecule has 1 rings (SSSR count). The summed E-state index contributed by atoms with van der Waals surface area (Å²) in [6.45, 7) is 4.04. The predicted octanol–water partition coefficient (Wildman–Crippen LogP) is 10.9. The van der Waals surface area contributed by atoms with Crippen LogP contribution in [-0.4, -0.2) is 59.8 Å². The molecule has 0 radical (unpaired) electrons. The highest BCUT2D eigenvalue weighted by Crippen LogP contribution is 2.24. The SMILES string of the molecule is CCCCCCCCC=CCCCCCCCC(=O)O[C@H]1[C@@H]([C@@H](CO)OC(=O)CCCCCCCCCCCCCCCCC)OC[C@@H]1O. The first-order valence-corrected chi connectivity index (χ1v) is 21.0. The summed E-state index contributed by atoms with van der Waals surface area (Å²) in [5.74, 6) is -0.782. The van der Waals surface area contributed by atoms with Crippen LogP contribution in [0.1, 0.15) is 206 Å². The maximum atomic E-state index is 12.6. The molecule has 0 saturated carbocycles. The van der Waals surface area contributed by atoms with E-state index in [0.29, 0.717) is 0 Å². The lowest BCUT2D eigenvalue weighted by Crippen LogP contribution is -2.45. The van der Waals surface area contributed by atoms with Crippen LogP contribution in [0, 0.1) is 0 Å². The van der Waals surface area contributed by atoms with Gasteiger partial charge in [-0.1, -0.05) is 167 Å². The lowest BCUT2D eigenvalue weighted by Gasteiger charge is -2.27. The minimum absolute atomic E-state index is 0.0247. The summed E-state index contributed by atoms with van der Waals surface area (Å²) in [5, 5.41) is 20.4. The Morgan fingerprint density at radius 1 is 0.612 bits per heavy atom. The summed E-state index contributed by atoms with van der Waals surface area (Å²) in [5.41, 5.74) is 0. The van der Waals surface area contributed by atoms with Crippen molar-refractivity contribution in [3.63, 3.8) is 0 Å². The van der Waals surface area contributed by atoms with Crippen LogP contribution in [0.4, 0.5) is 0 Å². The highest BCUT2D eigenvalue weighted by molar-refractivity contribution is 5.70. The molecule has 0 aliphatic carbocycles. The van der Waals surface area contributed by atoms with Gasteiger partial charge in [0.1, 0.15) is 12.2 Å². The van der Waals surface area contributed by atoms with E-state index in [9.17, 15) is 19.8 Å². The molecular weight excluding hydrogens is 616 g/mol. The number of unbranched alkanes of at least 4 members (excludes halogenated alkanes) is 25. The molecule has 288 valence electrons. The minimum Gasteiger partial charge on any atom is -0.457 e. The lowest BCUT2D eigenvalue weighted by molar-refractivity contribution is -0.171. The summed E-state index contributed by atoms with van der Waals surface area (Å²) >= 11 is 0. The summed E-state index contributed by atoms with van der Waals surface area (Å²) in [4.78, 5) is 25.1. The van der Waals surface area contributed by atoms with Gasteiger partial charge in [0.2, 0.25) is 0 Å². The Kier molecular flexibility index (Phi) is 31.3. The highest BCUT2D eigenvalue weighted by Gasteiger charge is 2.45. The van der Waals surface area contributed by atoms with E-state index in [1.54, 1.807) is 0 Å². The van der Waals surface area contributed by atoms with Gasteiger partial charge in [0.15, 0.2) is 12.2 Å². The second-order valence-corrected chi connectivity index (χ2v) is 14.6. The number of aliphatic hydroxyl groups excluding tert-OH is 2. The molecule has 7 nitrogen and oxygen atoms in total. The summed E-state index contributed by atoms with van der Waals surface area (Å²) in [6, 6.07) is 0. The molecule has 0 aromatic heterocycles. The third kappa shape index (κ3) is 26.1. The molecule has 0 unspecified atom stereocenters. The summed E-state index contributed by atoms with van der Waals surface area (Å²) < 4.78 is 16.7. The quantitative estimate of drug-likeness (QED) is 0.0387. The van der Waals surface area contributed by atoms with Crippen molar-refractivity contribution in [2.24, 2.45) is 0 Å². The van der Waals surface area contributed by atoms with Gasteiger partial charge in [0, 0.05) is 12.8 Å². The third-order valence-electron chi connectivity index (χ3n) is 9.89. The zero-order chi connectivity index (χ0) is 35.6. The van der Waals surface area contributed by atoms with Gasteiger partial charge in [-0.3, -0.25) is 9.59 Å². The summed E-state index contributed by atoms with van der Waals surface area (Å²) in [7, 11) is 0. The van der Waals surface area contributed by atoms with Crippen molar-refractivity contribution >= 4 is 11.9 Å². The number of hydrogen-bond donors (Lipinski definition) is 2. The van der Waals surface area contributed by atoms with Crippen LogP contribution >= 0.6 is 0 Å². The number of allylic oxidation sites excluding steroid dienone is 2. The molecule has 49 heavy (non-hydrogen) atoms. The Hall–Kier alpha value is -1.44. The van der Waals surface area contributed by atoms with Crippen molar-refractivity contribution in [2.45, 2.75) is 231 Å². The number of rotatable bonds is 35. The van der Waals surface area contributed by atoms with E-state index in [1.807, 2.05) is 0 Å². The second-order valence-electron chi connectivity index (χ2n) is 14.6. The van der Waals surface area contributed by atoms with E-state index in [0.717, 1.165) is 51.4 Å². The zero-order valence-corrected chi connectivity index (χ0v) is 32.0. The fraction of sp³-hybridized carbons (Fsp3) is 0.905. The Balaban J connectivity index is 2.10. The van der Waals surface area contributed by atoms with Gasteiger partial charge >= 0.3 is 11.9 Å². The average Bonchev–Trinajstić information content (AvgIpc) is 3.45. The molecule has 7 heteroatoms. The lowest BCUT2D eigenvalue weighted by atomic mass is 10.0. The van der Waals surface area contributed by atoms with Crippen molar-refractivity contribution in [2.75, 3.05) is 13.2 Å². The van der Waals surface area contributed by atoms with Gasteiger partial charge in [-0.2, -0.15) is 0 Å². The molecule has 1 aliphatic rings. The van der Waals surface area contributed by atoms with Crippen LogP contribution < -0.4 is 0 Å². The summed E-state index contributed by atoms with van der Waals surface area (Å²) in [6.07, 6.45) is 35.7. The van der Waals surface area contributed by atoms with Gasteiger partial charge in [-0.15, -0.1) is 0 Å². The fourth-order valence-electron chi connectivity index (χ4n) is 6.71. The molecule has 0 amide bonds. The van der Waals surface area contributed by atoms with Crippen LogP contribution in [0.3, 0.4) is 0 Å². The van der Waals surface area contributed by atoms with E-state index >= 15 is 0 Å². The molecule has 4 atom stereocenters. The number of aliphatic hydroxyl groups is 2. The topological polar surface area (TPSA) is 102 Å². The monoisotopic (exact) mass is 695 g/mol. The van der Waals surface area contributed by atoms with Crippen molar-refractivity contribution in [1.82, 2.24) is 0 Å². The molecule has 0 bridgehead atoms. The Labute approximate surface area is 301 Å². The molecule has 0 aromatic carbocycles. The Morgan fingerprint density at radius 2 is 1.00 bits per heavy atom. The van der Waals surface area contributed by atoms with E-state index in [1.165, 1.54) is 128 Å². The van der Waals surface area contributed by atoms with Gasteiger partial charge in [0.25, 0.3) is 0 Å². The first-order valence-electron chi connectivity index (χ1n) is 21.0. The molecular formula is C42H78O7. The number of carbonyl (C=O) groups is 2. The van der Waals surface area contributed by atoms with E-state index in [4.69, 9.17) is 14.2 Å². The van der Waals surface area contributed by atoms with E-state index < -0.39 is 43.0 Å². The maximum Gasteiger partial charge on any atom is 0.306 e. The van der Waals surface area contributed by atoms with Crippen LogP contribution in [0.5, 0.6) is 0 Å². The van der Waals surface area contributed by atoms with Crippen LogP contribution in [-0.2, 0) is 23.8 Å². The van der Waals surface area contributed by atoms with Crippen LogP contribution in [0.25, 0.3) is 0 Å². The van der Waals surface area contributed by atoms with Gasteiger partial charge in [-0.05, 0) is 38.5 Å². The number of esters is 2.